The summed E-state index contributed by atoms with van der Waals surface area (Å²) in [5.74, 6) is 0.0680. The normalized spacial score (nSPS) is 17.0. The predicted octanol–water partition coefficient (Wildman–Crippen LogP) is 4.59. The first-order valence-electron chi connectivity index (χ1n) is 11.1. The summed E-state index contributed by atoms with van der Waals surface area (Å²) in [6, 6.07) is 9.76. The van der Waals surface area contributed by atoms with E-state index in [9.17, 15) is 14.4 Å². The van der Waals surface area contributed by atoms with E-state index in [4.69, 9.17) is 4.74 Å². The molecule has 1 aromatic carbocycles. The minimum Gasteiger partial charge on any atom is -0.466 e. The Morgan fingerprint density at radius 1 is 1.13 bits per heavy atom. The van der Waals surface area contributed by atoms with E-state index in [2.05, 4.69) is 0 Å². The third kappa shape index (κ3) is 6.82. The van der Waals surface area contributed by atoms with Gasteiger partial charge in [0.1, 0.15) is 0 Å². The highest BCUT2D eigenvalue weighted by Crippen LogP contribution is 2.26. The standard InChI is InChI=1S/C25H35NO4/c1-4-30-24(29)14-10-5-6-11-19-26-21(16-18-23(26)28)15-17-22(27)25(2,3)20-12-8-7-9-13-20/h7-9,12-13,15,17,21H,4-6,10-11,14,16,18-19H2,1-3H3/t21-/m0/s1. The second kappa shape index (κ2) is 11.7. The van der Waals surface area contributed by atoms with E-state index >= 15 is 0 Å². The van der Waals surface area contributed by atoms with Gasteiger partial charge in [-0.3, -0.25) is 14.4 Å². The topological polar surface area (TPSA) is 63.7 Å². The second-order valence-corrected chi connectivity index (χ2v) is 8.38. The van der Waals surface area contributed by atoms with Gasteiger partial charge in [-0.2, -0.15) is 0 Å². The summed E-state index contributed by atoms with van der Waals surface area (Å²) in [6.45, 7) is 6.80. The third-order valence-electron chi connectivity index (χ3n) is 5.79. The van der Waals surface area contributed by atoms with Crippen LogP contribution in [0, 0.1) is 0 Å². The van der Waals surface area contributed by atoms with Crippen molar-refractivity contribution >= 4 is 17.7 Å². The van der Waals surface area contributed by atoms with E-state index in [1.54, 1.807) is 6.08 Å². The molecule has 30 heavy (non-hydrogen) atoms. The summed E-state index contributed by atoms with van der Waals surface area (Å²) < 4.78 is 4.93. The third-order valence-corrected chi connectivity index (χ3v) is 5.79. The van der Waals surface area contributed by atoms with Crippen molar-refractivity contribution in [1.82, 2.24) is 4.90 Å². The highest BCUT2D eigenvalue weighted by molar-refractivity contribution is 5.98. The van der Waals surface area contributed by atoms with Gasteiger partial charge in [-0.15, -0.1) is 0 Å². The summed E-state index contributed by atoms with van der Waals surface area (Å²) in [5.41, 5.74) is 0.395. The van der Waals surface area contributed by atoms with Crippen LogP contribution in [-0.2, 0) is 24.5 Å². The van der Waals surface area contributed by atoms with E-state index in [0.29, 0.717) is 26.0 Å². The lowest BCUT2D eigenvalue weighted by Crippen LogP contribution is -2.33. The molecule has 0 saturated carbocycles. The van der Waals surface area contributed by atoms with Crippen molar-refractivity contribution in [2.24, 2.45) is 0 Å². The lowest BCUT2D eigenvalue weighted by atomic mass is 9.80. The molecule has 1 atom stereocenters. The van der Waals surface area contributed by atoms with Gasteiger partial charge in [-0.25, -0.2) is 0 Å². The number of amides is 1. The minimum atomic E-state index is -0.593. The number of carbonyl (C=O) groups is 3. The van der Waals surface area contributed by atoms with Crippen molar-refractivity contribution in [3.8, 4) is 0 Å². The van der Waals surface area contributed by atoms with E-state index in [-0.39, 0.29) is 23.7 Å². The molecule has 2 rings (SSSR count). The average molecular weight is 414 g/mol. The molecule has 0 aliphatic carbocycles. The van der Waals surface area contributed by atoms with Crippen LogP contribution in [0.25, 0.3) is 0 Å². The number of allylic oxidation sites excluding steroid dienone is 1. The van der Waals surface area contributed by atoms with Crippen LogP contribution in [0.15, 0.2) is 42.5 Å². The first-order valence-corrected chi connectivity index (χ1v) is 11.1. The van der Waals surface area contributed by atoms with Gasteiger partial charge in [0.05, 0.1) is 18.1 Å². The smallest absolute Gasteiger partial charge is 0.305 e. The molecule has 5 heteroatoms. The van der Waals surface area contributed by atoms with E-state index in [1.807, 2.05) is 62.1 Å². The minimum absolute atomic E-state index is 0.00689. The average Bonchev–Trinajstić information content (AvgIpc) is 3.09. The molecule has 1 heterocycles. The molecule has 0 unspecified atom stereocenters. The zero-order chi connectivity index (χ0) is 22.0. The molecule has 1 fully saturated rings. The number of ketones is 1. The van der Waals surface area contributed by atoms with Crippen LogP contribution in [0.5, 0.6) is 0 Å². The number of hydrogen-bond donors (Lipinski definition) is 0. The predicted molar refractivity (Wildman–Crippen MR) is 118 cm³/mol. The Balaban J connectivity index is 1.81. The molecule has 1 aliphatic heterocycles. The molecule has 164 valence electrons. The molecule has 1 aliphatic rings. The zero-order valence-electron chi connectivity index (χ0n) is 18.6. The lowest BCUT2D eigenvalue weighted by Gasteiger charge is -2.24. The van der Waals surface area contributed by atoms with Gasteiger partial charge in [0.15, 0.2) is 5.78 Å². The molecule has 1 amide bonds. The number of esters is 1. The van der Waals surface area contributed by atoms with Gasteiger partial charge in [-0.05, 0) is 51.7 Å². The summed E-state index contributed by atoms with van der Waals surface area (Å²) >= 11 is 0. The Morgan fingerprint density at radius 2 is 1.83 bits per heavy atom. The number of likely N-dealkylation sites (tertiary alicyclic amines) is 1. The maximum Gasteiger partial charge on any atom is 0.305 e. The highest BCUT2D eigenvalue weighted by Gasteiger charge is 2.31. The Kier molecular flexibility index (Phi) is 9.28. The number of rotatable bonds is 12. The monoisotopic (exact) mass is 413 g/mol. The molecule has 0 radical (unpaired) electrons. The van der Waals surface area contributed by atoms with Crippen LogP contribution < -0.4 is 0 Å². The van der Waals surface area contributed by atoms with Gasteiger partial charge in [-0.1, -0.05) is 49.2 Å². The number of hydrogen-bond acceptors (Lipinski definition) is 4. The molecular formula is C25H35NO4. The fourth-order valence-electron chi connectivity index (χ4n) is 3.79. The fourth-order valence-corrected chi connectivity index (χ4v) is 3.79. The van der Waals surface area contributed by atoms with Crippen molar-refractivity contribution in [1.29, 1.82) is 0 Å². The fraction of sp³-hybridized carbons (Fsp3) is 0.560. The molecule has 0 bridgehead atoms. The Morgan fingerprint density at radius 3 is 2.53 bits per heavy atom. The summed E-state index contributed by atoms with van der Waals surface area (Å²) in [4.78, 5) is 38.3. The van der Waals surface area contributed by atoms with E-state index in [0.717, 1.165) is 37.7 Å². The molecule has 0 N–H and O–H groups in total. The maximum atomic E-state index is 12.8. The van der Waals surface area contributed by atoms with E-state index < -0.39 is 5.41 Å². The number of unbranched alkanes of at least 4 members (excludes halogenated alkanes) is 3. The molecule has 0 aromatic heterocycles. The van der Waals surface area contributed by atoms with Gasteiger partial charge in [0, 0.05) is 19.4 Å². The largest absolute Gasteiger partial charge is 0.466 e. The molecule has 1 saturated heterocycles. The van der Waals surface area contributed by atoms with Crippen molar-refractivity contribution in [3.05, 3.63) is 48.0 Å². The quantitative estimate of drug-likeness (QED) is 0.285. The lowest BCUT2D eigenvalue weighted by molar-refractivity contribution is -0.143. The SMILES string of the molecule is CCOC(=O)CCCCCCN1C(=O)CC[C@@H]1C=CC(=O)C(C)(C)c1ccccc1. The van der Waals surface area contributed by atoms with Crippen molar-refractivity contribution in [3.63, 3.8) is 0 Å². The first-order chi connectivity index (χ1) is 14.4. The molecular weight excluding hydrogens is 378 g/mol. The summed E-state index contributed by atoms with van der Waals surface area (Å²) in [7, 11) is 0. The van der Waals surface area contributed by atoms with Crippen LogP contribution in [0.2, 0.25) is 0 Å². The van der Waals surface area contributed by atoms with Crippen molar-refractivity contribution < 1.29 is 19.1 Å². The van der Waals surface area contributed by atoms with Gasteiger partial charge < -0.3 is 9.64 Å². The Bertz CT molecular complexity index is 739. The zero-order valence-corrected chi connectivity index (χ0v) is 18.6. The van der Waals surface area contributed by atoms with Crippen molar-refractivity contribution in [2.75, 3.05) is 13.2 Å². The van der Waals surface area contributed by atoms with Crippen LogP contribution >= 0.6 is 0 Å². The first kappa shape index (κ1) is 23.8. The van der Waals surface area contributed by atoms with Crippen LogP contribution in [0.3, 0.4) is 0 Å². The second-order valence-electron chi connectivity index (χ2n) is 8.38. The molecule has 1 aromatic rings. The highest BCUT2D eigenvalue weighted by atomic mass is 16.5. The van der Waals surface area contributed by atoms with Crippen LogP contribution in [0.4, 0.5) is 0 Å². The van der Waals surface area contributed by atoms with Crippen LogP contribution in [-0.4, -0.2) is 41.8 Å². The molecule has 5 nitrogen and oxygen atoms in total. The van der Waals surface area contributed by atoms with Crippen LogP contribution in [0.1, 0.15) is 71.3 Å². The van der Waals surface area contributed by atoms with Gasteiger partial charge >= 0.3 is 5.97 Å². The summed E-state index contributed by atoms with van der Waals surface area (Å²) in [5, 5.41) is 0. The number of benzene rings is 1. The van der Waals surface area contributed by atoms with E-state index in [1.165, 1.54) is 0 Å². The maximum absolute atomic E-state index is 12.8. The summed E-state index contributed by atoms with van der Waals surface area (Å²) in [6.07, 6.45) is 8.96. The number of ether oxygens (including phenoxy) is 1. The molecule has 0 spiro atoms. The van der Waals surface area contributed by atoms with Crippen molar-refractivity contribution in [2.45, 2.75) is 77.2 Å². The number of nitrogens with zero attached hydrogens (tertiary/aromatic N) is 1. The van der Waals surface area contributed by atoms with Gasteiger partial charge in [0.25, 0.3) is 0 Å². The van der Waals surface area contributed by atoms with Gasteiger partial charge in [0.2, 0.25) is 5.91 Å². The Hall–Kier alpha value is -2.43. The Labute approximate surface area is 180 Å². The number of carbonyl (C=O) groups excluding carboxylic acids is 3.